The Balaban J connectivity index is 2.68. The number of hydrogen-bond acceptors (Lipinski definition) is 5. The Morgan fingerprint density at radius 3 is 2.35 bits per heavy atom. The number of carbonyl (C=O) groups excluding carboxylic acids is 1. The fourth-order valence-corrected chi connectivity index (χ4v) is 1.96. The highest BCUT2D eigenvalue weighted by Crippen LogP contribution is 2.22. The van der Waals surface area contributed by atoms with E-state index in [1.165, 1.54) is 18.2 Å². The van der Waals surface area contributed by atoms with Gasteiger partial charge in [-0.15, -0.1) is 0 Å². The number of nitrogens with one attached hydrogen (secondary N) is 1. The van der Waals surface area contributed by atoms with Crippen molar-refractivity contribution in [2.75, 3.05) is 6.54 Å². The highest BCUT2D eigenvalue weighted by molar-refractivity contribution is 5.87. The van der Waals surface area contributed by atoms with Gasteiger partial charge in [0.05, 0.1) is 5.56 Å². The van der Waals surface area contributed by atoms with E-state index in [1.54, 1.807) is 27.7 Å². The lowest BCUT2D eigenvalue weighted by Gasteiger charge is -2.23. The Labute approximate surface area is 134 Å². The summed E-state index contributed by atoms with van der Waals surface area (Å²) in [6.07, 6.45) is -3.20. The van der Waals surface area contributed by atoms with Crippen molar-refractivity contribution in [3.8, 4) is 0 Å². The van der Waals surface area contributed by atoms with E-state index in [4.69, 9.17) is 9.84 Å². The molecule has 7 heteroatoms. The maximum absolute atomic E-state index is 11.5. The second-order valence-electron chi connectivity index (χ2n) is 6.27. The van der Waals surface area contributed by atoms with Crippen molar-refractivity contribution in [3.63, 3.8) is 0 Å². The van der Waals surface area contributed by atoms with Gasteiger partial charge >= 0.3 is 12.1 Å². The molecule has 0 aliphatic carbocycles. The minimum Gasteiger partial charge on any atom is -0.478 e. The fourth-order valence-electron chi connectivity index (χ4n) is 1.96. The molecule has 0 fully saturated rings. The highest BCUT2D eigenvalue weighted by Gasteiger charge is 2.23. The van der Waals surface area contributed by atoms with Gasteiger partial charge in [-0.05, 0) is 51.0 Å². The van der Waals surface area contributed by atoms with E-state index >= 15 is 0 Å². The molecule has 0 radical (unpaired) electrons. The summed E-state index contributed by atoms with van der Waals surface area (Å²) in [6.45, 7) is 6.58. The van der Waals surface area contributed by atoms with Crippen molar-refractivity contribution in [1.82, 2.24) is 5.32 Å². The van der Waals surface area contributed by atoms with Crippen LogP contribution >= 0.6 is 0 Å². The molecular weight excluding hydrogens is 302 g/mol. The molecule has 4 N–H and O–H groups in total. The summed E-state index contributed by atoms with van der Waals surface area (Å²) in [5.74, 6) is -1.07. The summed E-state index contributed by atoms with van der Waals surface area (Å²) >= 11 is 0. The SMILES string of the molecule is Cc1cc(C(=O)O)ccc1C(O)C(O)CNC(=O)OC(C)(C)C. The van der Waals surface area contributed by atoms with Crippen molar-refractivity contribution >= 4 is 12.1 Å². The third kappa shape index (κ3) is 5.88. The predicted molar refractivity (Wildman–Crippen MR) is 83.3 cm³/mol. The van der Waals surface area contributed by atoms with Gasteiger partial charge in [-0.3, -0.25) is 0 Å². The van der Waals surface area contributed by atoms with Crippen molar-refractivity contribution in [2.24, 2.45) is 0 Å². The topological polar surface area (TPSA) is 116 Å². The van der Waals surface area contributed by atoms with Crippen LogP contribution in [-0.2, 0) is 4.74 Å². The van der Waals surface area contributed by atoms with Crippen molar-refractivity contribution in [3.05, 3.63) is 34.9 Å². The lowest BCUT2D eigenvalue weighted by atomic mass is 9.97. The summed E-state index contributed by atoms with van der Waals surface area (Å²) in [5.41, 5.74) is 0.374. The molecule has 0 heterocycles. The zero-order valence-corrected chi connectivity index (χ0v) is 13.7. The second kappa shape index (κ2) is 7.43. The van der Waals surface area contributed by atoms with Crippen LogP contribution < -0.4 is 5.32 Å². The van der Waals surface area contributed by atoms with Gasteiger partial charge < -0.3 is 25.4 Å². The number of aryl methyl sites for hydroxylation is 1. The van der Waals surface area contributed by atoms with Crippen LogP contribution in [0, 0.1) is 6.92 Å². The number of carboxylic acids is 1. The number of carbonyl (C=O) groups is 2. The highest BCUT2D eigenvalue weighted by atomic mass is 16.6. The Bertz CT molecular complexity index is 578. The Morgan fingerprint density at radius 2 is 1.87 bits per heavy atom. The first-order chi connectivity index (χ1) is 10.5. The van der Waals surface area contributed by atoms with Gasteiger partial charge in [-0.25, -0.2) is 9.59 Å². The van der Waals surface area contributed by atoms with Crippen LogP contribution in [0.1, 0.15) is 48.4 Å². The van der Waals surface area contributed by atoms with E-state index in [2.05, 4.69) is 5.32 Å². The predicted octanol–water partition coefficient (Wildman–Crippen LogP) is 1.61. The summed E-state index contributed by atoms with van der Waals surface area (Å²) in [6, 6.07) is 4.21. The Kier molecular flexibility index (Phi) is 6.12. The number of carboxylic acid groups (broad SMARTS) is 1. The van der Waals surface area contributed by atoms with E-state index in [-0.39, 0.29) is 12.1 Å². The lowest BCUT2D eigenvalue weighted by molar-refractivity contribution is 0.0126. The average Bonchev–Trinajstić information content (AvgIpc) is 2.41. The molecule has 1 amide bonds. The van der Waals surface area contributed by atoms with E-state index < -0.39 is 29.9 Å². The van der Waals surface area contributed by atoms with Crippen molar-refractivity contribution in [1.29, 1.82) is 0 Å². The second-order valence-corrected chi connectivity index (χ2v) is 6.27. The molecular formula is C16H23NO6. The zero-order valence-electron chi connectivity index (χ0n) is 13.7. The third-order valence-electron chi connectivity index (χ3n) is 3.05. The minimum absolute atomic E-state index is 0.0971. The molecule has 0 aliphatic rings. The van der Waals surface area contributed by atoms with Gasteiger partial charge in [0.2, 0.25) is 0 Å². The molecule has 0 bridgehead atoms. The number of hydrogen-bond donors (Lipinski definition) is 4. The number of rotatable bonds is 5. The minimum atomic E-state index is -1.26. The monoisotopic (exact) mass is 325 g/mol. The number of amides is 1. The molecule has 0 aliphatic heterocycles. The number of alkyl carbamates (subject to hydrolysis) is 1. The van der Waals surface area contributed by atoms with E-state index in [9.17, 15) is 19.8 Å². The average molecular weight is 325 g/mol. The Hall–Kier alpha value is -2.12. The third-order valence-corrected chi connectivity index (χ3v) is 3.05. The number of aliphatic hydroxyl groups is 2. The normalized spacial score (nSPS) is 14.0. The Morgan fingerprint density at radius 1 is 1.26 bits per heavy atom. The number of ether oxygens (including phenoxy) is 1. The maximum atomic E-state index is 11.5. The summed E-state index contributed by atoms with van der Waals surface area (Å²) < 4.78 is 5.03. The van der Waals surface area contributed by atoms with E-state index in [0.717, 1.165) is 0 Å². The van der Waals surface area contributed by atoms with E-state index in [0.29, 0.717) is 11.1 Å². The molecule has 0 aromatic heterocycles. The molecule has 23 heavy (non-hydrogen) atoms. The molecule has 128 valence electrons. The fraction of sp³-hybridized carbons (Fsp3) is 0.500. The maximum Gasteiger partial charge on any atom is 0.407 e. The molecule has 2 atom stereocenters. The van der Waals surface area contributed by atoms with Gasteiger partial charge in [0, 0.05) is 6.54 Å². The van der Waals surface area contributed by atoms with Gasteiger partial charge in [0.15, 0.2) is 0 Å². The van der Waals surface area contributed by atoms with Crippen LogP contribution in [0.5, 0.6) is 0 Å². The largest absolute Gasteiger partial charge is 0.478 e. The quantitative estimate of drug-likeness (QED) is 0.653. The number of aromatic carboxylic acids is 1. The van der Waals surface area contributed by atoms with Crippen LogP contribution in [0.25, 0.3) is 0 Å². The van der Waals surface area contributed by atoms with Crippen LogP contribution in [0.3, 0.4) is 0 Å². The molecule has 1 aromatic carbocycles. The standard InChI is InChI=1S/C16H23NO6/c1-9-7-10(14(20)21)5-6-11(9)13(19)12(18)8-17-15(22)23-16(2,3)4/h5-7,12-13,18-19H,8H2,1-4H3,(H,17,22)(H,20,21). The van der Waals surface area contributed by atoms with Crippen LogP contribution in [0.15, 0.2) is 18.2 Å². The van der Waals surface area contributed by atoms with Gasteiger partial charge in [0.25, 0.3) is 0 Å². The molecule has 1 aromatic rings. The zero-order chi connectivity index (χ0) is 17.8. The van der Waals surface area contributed by atoms with Gasteiger partial charge in [-0.2, -0.15) is 0 Å². The van der Waals surface area contributed by atoms with Crippen LogP contribution in [0.4, 0.5) is 4.79 Å². The smallest absolute Gasteiger partial charge is 0.407 e. The van der Waals surface area contributed by atoms with Crippen LogP contribution in [0.2, 0.25) is 0 Å². The van der Waals surface area contributed by atoms with Crippen molar-refractivity contribution < 1.29 is 29.6 Å². The summed E-state index contributed by atoms with van der Waals surface area (Å²) in [4.78, 5) is 22.4. The molecule has 7 nitrogen and oxygen atoms in total. The molecule has 0 saturated carbocycles. The van der Waals surface area contributed by atoms with Crippen LogP contribution in [-0.4, -0.2) is 45.6 Å². The van der Waals surface area contributed by atoms with Gasteiger partial charge in [0.1, 0.15) is 17.8 Å². The lowest BCUT2D eigenvalue weighted by Crippen LogP contribution is -2.39. The summed E-state index contributed by atoms with van der Waals surface area (Å²) in [5, 5.41) is 31.4. The number of aliphatic hydroxyl groups excluding tert-OH is 2. The molecule has 2 unspecified atom stereocenters. The molecule has 0 spiro atoms. The first kappa shape index (κ1) is 18.9. The van der Waals surface area contributed by atoms with Crippen molar-refractivity contribution in [2.45, 2.75) is 45.5 Å². The summed E-state index contributed by atoms with van der Waals surface area (Å²) in [7, 11) is 0. The van der Waals surface area contributed by atoms with Gasteiger partial charge in [-0.1, -0.05) is 6.07 Å². The number of benzene rings is 1. The molecule has 1 rings (SSSR count). The van der Waals surface area contributed by atoms with E-state index in [1.807, 2.05) is 0 Å². The molecule has 0 saturated heterocycles. The first-order valence-electron chi connectivity index (χ1n) is 7.18. The first-order valence-corrected chi connectivity index (χ1v) is 7.18.